The summed E-state index contributed by atoms with van der Waals surface area (Å²) in [6, 6.07) is 7.66. The molecular formula is C13H14N2O3S. The zero-order chi connectivity index (χ0) is 13.7. The van der Waals surface area contributed by atoms with Gasteiger partial charge in [-0.3, -0.25) is 0 Å². The van der Waals surface area contributed by atoms with Crippen molar-refractivity contribution in [3.8, 4) is 0 Å². The maximum absolute atomic E-state index is 10.7. The monoisotopic (exact) mass is 278 g/mol. The lowest BCUT2D eigenvalue weighted by Crippen LogP contribution is -2.13. The van der Waals surface area contributed by atoms with E-state index < -0.39 is 5.97 Å². The van der Waals surface area contributed by atoms with Crippen LogP contribution in [0.25, 0.3) is 0 Å². The number of carbonyl (C=O) groups is 1. The van der Waals surface area contributed by atoms with Gasteiger partial charge in [0.15, 0.2) is 0 Å². The molecule has 19 heavy (non-hydrogen) atoms. The van der Waals surface area contributed by atoms with E-state index in [1.807, 2.05) is 24.3 Å². The molecule has 0 radical (unpaired) electrons. The van der Waals surface area contributed by atoms with E-state index in [0.717, 1.165) is 28.2 Å². The van der Waals surface area contributed by atoms with Gasteiger partial charge >= 0.3 is 5.97 Å². The van der Waals surface area contributed by atoms with Crippen LogP contribution in [-0.4, -0.2) is 21.2 Å². The van der Waals surface area contributed by atoms with E-state index in [1.54, 1.807) is 5.38 Å². The van der Waals surface area contributed by atoms with Crippen LogP contribution in [0, 0.1) is 0 Å². The number of nitrogens with one attached hydrogen (secondary N) is 1. The van der Waals surface area contributed by atoms with Crippen LogP contribution < -0.4 is 5.32 Å². The summed E-state index contributed by atoms with van der Waals surface area (Å²) in [4.78, 5) is 14.7. The molecule has 0 aliphatic carbocycles. The first-order chi connectivity index (χ1) is 9.19. The molecule has 0 amide bonds. The van der Waals surface area contributed by atoms with E-state index in [9.17, 15) is 4.79 Å². The highest BCUT2D eigenvalue weighted by Crippen LogP contribution is 2.10. The van der Waals surface area contributed by atoms with Crippen molar-refractivity contribution in [1.82, 2.24) is 10.3 Å². The van der Waals surface area contributed by atoms with Gasteiger partial charge in [0.05, 0.1) is 12.3 Å². The van der Waals surface area contributed by atoms with Gasteiger partial charge in [0, 0.05) is 18.5 Å². The van der Waals surface area contributed by atoms with E-state index in [0.29, 0.717) is 13.1 Å². The summed E-state index contributed by atoms with van der Waals surface area (Å²) in [5.41, 5.74) is 2.67. The largest absolute Gasteiger partial charge is 0.476 e. The number of thiazole rings is 1. The highest BCUT2D eigenvalue weighted by molar-refractivity contribution is 7.11. The maximum Gasteiger partial charge on any atom is 0.365 e. The SMILES string of the molecule is O=C(O)c1nc(CNCc2cccc(CO)c2)cs1. The van der Waals surface area contributed by atoms with Crippen molar-refractivity contribution in [3.05, 3.63) is 51.5 Å². The molecule has 0 aliphatic rings. The molecular weight excluding hydrogens is 264 g/mol. The number of hydrogen-bond donors (Lipinski definition) is 3. The Morgan fingerprint density at radius 2 is 2.11 bits per heavy atom. The molecule has 0 unspecified atom stereocenters. The summed E-state index contributed by atoms with van der Waals surface area (Å²) in [6.45, 7) is 1.20. The molecule has 0 atom stereocenters. The molecule has 0 saturated heterocycles. The first-order valence-corrected chi connectivity index (χ1v) is 6.64. The Morgan fingerprint density at radius 1 is 1.32 bits per heavy atom. The molecule has 0 fully saturated rings. The number of aliphatic hydroxyl groups excluding tert-OH is 1. The quantitative estimate of drug-likeness (QED) is 0.748. The van der Waals surface area contributed by atoms with E-state index in [-0.39, 0.29) is 11.6 Å². The third-order valence-corrected chi connectivity index (χ3v) is 3.42. The summed E-state index contributed by atoms with van der Waals surface area (Å²) in [5.74, 6) is -0.994. The molecule has 1 heterocycles. The zero-order valence-corrected chi connectivity index (χ0v) is 11.0. The van der Waals surface area contributed by atoms with Crippen LogP contribution in [0.15, 0.2) is 29.6 Å². The van der Waals surface area contributed by atoms with Crippen LogP contribution in [0.5, 0.6) is 0 Å². The smallest absolute Gasteiger partial charge is 0.365 e. The van der Waals surface area contributed by atoms with Crippen LogP contribution >= 0.6 is 11.3 Å². The summed E-state index contributed by atoms with van der Waals surface area (Å²) in [7, 11) is 0. The molecule has 0 spiro atoms. The average Bonchev–Trinajstić information content (AvgIpc) is 2.88. The second kappa shape index (κ2) is 6.42. The third-order valence-electron chi connectivity index (χ3n) is 2.54. The van der Waals surface area contributed by atoms with E-state index >= 15 is 0 Å². The van der Waals surface area contributed by atoms with Gasteiger partial charge in [-0.15, -0.1) is 11.3 Å². The fourth-order valence-corrected chi connectivity index (χ4v) is 2.31. The number of hydrogen-bond acceptors (Lipinski definition) is 5. The van der Waals surface area contributed by atoms with Gasteiger partial charge in [-0.2, -0.15) is 0 Å². The fourth-order valence-electron chi connectivity index (χ4n) is 1.66. The molecule has 6 heteroatoms. The van der Waals surface area contributed by atoms with Crippen LogP contribution in [0.1, 0.15) is 26.6 Å². The number of aromatic carboxylic acids is 1. The summed E-state index contributed by atoms with van der Waals surface area (Å²) >= 11 is 1.13. The number of aromatic nitrogens is 1. The van der Waals surface area contributed by atoms with Crippen LogP contribution in [0.3, 0.4) is 0 Å². The maximum atomic E-state index is 10.7. The lowest BCUT2D eigenvalue weighted by molar-refractivity contribution is 0.0696. The van der Waals surface area contributed by atoms with Gasteiger partial charge in [-0.1, -0.05) is 24.3 Å². The second-order valence-electron chi connectivity index (χ2n) is 4.03. The fraction of sp³-hybridized carbons (Fsp3) is 0.231. The van der Waals surface area contributed by atoms with Gasteiger partial charge in [0.1, 0.15) is 0 Å². The van der Waals surface area contributed by atoms with Crippen molar-refractivity contribution in [2.75, 3.05) is 0 Å². The van der Waals surface area contributed by atoms with Gasteiger partial charge in [-0.25, -0.2) is 9.78 Å². The van der Waals surface area contributed by atoms with Gasteiger partial charge < -0.3 is 15.5 Å². The minimum Gasteiger partial charge on any atom is -0.476 e. The summed E-state index contributed by atoms with van der Waals surface area (Å²) in [6.07, 6.45) is 0. The Morgan fingerprint density at radius 3 is 2.79 bits per heavy atom. The van der Waals surface area contributed by atoms with Crippen LogP contribution in [0.4, 0.5) is 0 Å². The molecule has 5 nitrogen and oxygen atoms in total. The lowest BCUT2D eigenvalue weighted by Gasteiger charge is -2.04. The van der Waals surface area contributed by atoms with Crippen molar-refractivity contribution in [1.29, 1.82) is 0 Å². The first-order valence-electron chi connectivity index (χ1n) is 5.76. The molecule has 1 aromatic heterocycles. The standard InChI is InChI=1S/C13H14N2O3S/c16-7-10-3-1-2-9(4-10)5-14-6-11-8-19-12(15-11)13(17)18/h1-4,8,14,16H,5-7H2,(H,17,18). The molecule has 0 bridgehead atoms. The lowest BCUT2D eigenvalue weighted by atomic mass is 10.1. The number of carboxylic acids is 1. The van der Waals surface area contributed by atoms with Crippen LogP contribution in [0.2, 0.25) is 0 Å². The molecule has 3 N–H and O–H groups in total. The van der Waals surface area contributed by atoms with E-state index in [2.05, 4.69) is 10.3 Å². The molecule has 100 valence electrons. The normalized spacial score (nSPS) is 10.6. The molecule has 1 aromatic carbocycles. The van der Waals surface area contributed by atoms with Crippen molar-refractivity contribution >= 4 is 17.3 Å². The Balaban J connectivity index is 1.86. The van der Waals surface area contributed by atoms with Gasteiger partial charge in [0.2, 0.25) is 5.01 Å². The van der Waals surface area contributed by atoms with E-state index in [4.69, 9.17) is 10.2 Å². The Labute approximate surface area is 114 Å². The van der Waals surface area contributed by atoms with Gasteiger partial charge in [0.25, 0.3) is 0 Å². The number of rotatable bonds is 6. The minimum absolute atomic E-state index is 0.0297. The highest BCUT2D eigenvalue weighted by Gasteiger charge is 2.08. The number of benzene rings is 1. The predicted octanol–water partition coefficient (Wildman–Crippen LogP) is 1.62. The van der Waals surface area contributed by atoms with Crippen LogP contribution in [-0.2, 0) is 19.7 Å². The second-order valence-corrected chi connectivity index (χ2v) is 4.89. The zero-order valence-electron chi connectivity index (χ0n) is 10.2. The molecule has 2 aromatic rings. The van der Waals surface area contributed by atoms with Crippen molar-refractivity contribution < 1.29 is 15.0 Å². The van der Waals surface area contributed by atoms with Crippen molar-refractivity contribution in [2.24, 2.45) is 0 Å². The topological polar surface area (TPSA) is 82.5 Å². The Bertz CT molecular complexity index is 569. The highest BCUT2D eigenvalue weighted by atomic mass is 32.1. The minimum atomic E-state index is -0.994. The van der Waals surface area contributed by atoms with Gasteiger partial charge in [-0.05, 0) is 11.1 Å². The number of aliphatic hydroxyl groups is 1. The van der Waals surface area contributed by atoms with Crippen molar-refractivity contribution in [2.45, 2.75) is 19.7 Å². The first kappa shape index (κ1) is 13.7. The summed E-state index contributed by atoms with van der Waals surface area (Å²) in [5, 5.41) is 22.8. The number of carboxylic acid groups (broad SMARTS) is 1. The molecule has 0 aliphatic heterocycles. The third kappa shape index (κ3) is 3.85. The molecule has 2 rings (SSSR count). The predicted molar refractivity (Wildman–Crippen MR) is 72.0 cm³/mol. The average molecular weight is 278 g/mol. The number of nitrogens with zero attached hydrogens (tertiary/aromatic N) is 1. The van der Waals surface area contributed by atoms with Crippen molar-refractivity contribution in [3.63, 3.8) is 0 Å². The Kier molecular flexibility index (Phi) is 4.62. The summed E-state index contributed by atoms with van der Waals surface area (Å²) < 4.78 is 0. The molecule has 0 saturated carbocycles. The van der Waals surface area contributed by atoms with E-state index in [1.165, 1.54) is 0 Å². The Hall–Kier alpha value is -1.76.